The fourth-order valence-electron chi connectivity index (χ4n) is 2.01. The molecule has 1 aliphatic rings. The molecule has 0 aromatic carbocycles. The molecule has 0 aromatic rings. The van der Waals surface area contributed by atoms with Gasteiger partial charge in [-0.05, 0) is 6.42 Å². The number of aliphatic hydroxyl groups is 1. The summed E-state index contributed by atoms with van der Waals surface area (Å²) < 4.78 is 5.18. The first-order chi connectivity index (χ1) is 7.11. The van der Waals surface area contributed by atoms with Gasteiger partial charge in [0.15, 0.2) is 0 Å². The Kier molecular flexibility index (Phi) is 4.33. The van der Waals surface area contributed by atoms with E-state index in [9.17, 15) is 9.90 Å². The Balaban J connectivity index is 2.60. The van der Waals surface area contributed by atoms with Crippen LogP contribution in [-0.2, 0) is 9.53 Å². The molecule has 1 heterocycles. The van der Waals surface area contributed by atoms with Gasteiger partial charge in [-0.3, -0.25) is 4.79 Å². The fraction of sp³-hybridized carbons (Fsp3) is 0.750. The zero-order valence-corrected chi connectivity index (χ0v) is 9.48. The van der Waals surface area contributed by atoms with E-state index >= 15 is 0 Å². The number of esters is 1. The molecule has 4 atom stereocenters. The maximum atomic E-state index is 11.4. The molecule has 0 bridgehead atoms. The van der Waals surface area contributed by atoms with Crippen LogP contribution in [0.4, 0.5) is 0 Å². The lowest BCUT2D eigenvalue weighted by atomic mass is 9.88. The van der Waals surface area contributed by atoms with Gasteiger partial charge < -0.3 is 9.84 Å². The van der Waals surface area contributed by atoms with Crippen molar-refractivity contribution in [3.63, 3.8) is 0 Å². The minimum absolute atomic E-state index is 0.0515. The van der Waals surface area contributed by atoms with E-state index in [4.69, 9.17) is 4.74 Å². The van der Waals surface area contributed by atoms with E-state index in [2.05, 4.69) is 13.5 Å². The van der Waals surface area contributed by atoms with Crippen LogP contribution in [0, 0.1) is 11.8 Å². The quantitative estimate of drug-likeness (QED) is 0.559. The predicted octanol–water partition coefficient (Wildman–Crippen LogP) is 1.90. The number of ether oxygens (including phenoxy) is 1. The number of unbranched alkanes of at least 4 members (excludes halogenated alkanes) is 1. The van der Waals surface area contributed by atoms with Gasteiger partial charge in [0.25, 0.3) is 0 Å². The number of aliphatic hydroxyl groups excluding tert-OH is 1. The molecule has 1 rings (SSSR count). The molecular formula is C12H20O3. The Labute approximate surface area is 91.1 Å². The van der Waals surface area contributed by atoms with Gasteiger partial charge in [0, 0.05) is 5.92 Å². The second kappa shape index (κ2) is 5.31. The van der Waals surface area contributed by atoms with Crippen LogP contribution in [0.5, 0.6) is 0 Å². The molecule has 0 aliphatic carbocycles. The molecule has 0 aromatic heterocycles. The van der Waals surface area contributed by atoms with Crippen molar-refractivity contribution in [2.24, 2.45) is 11.8 Å². The standard InChI is InChI=1S/C12H20O3/c1-4-6-7-10(13)11-9(5-2)8(3)12(14)15-11/h5,8-11,13H,2,4,6-7H2,1,3H3/t8-,9+,10+,11-/m0/s1. The van der Waals surface area contributed by atoms with Crippen LogP contribution in [-0.4, -0.2) is 23.3 Å². The molecule has 86 valence electrons. The first-order valence-electron chi connectivity index (χ1n) is 5.63. The van der Waals surface area contributed by atoms with E-state index < -0.39 is 12.2 Å². The van der Waals surface area contributed by atoms with Gasteiger partial charge in [-0.25, -0.2) is 0 Å². The van der Waals surface area contributed by atoms with Gasteiger partial charge >= 0.3 is 5.97 Å². The Morgan fingerprint density at radius 3 is 2.87 bits per heavy atom. The Hall–Kier alpha value is -0.830. The molecule has 1 N–H and O–H groups in total. The number of carbonyl (C=O) groups is 1. The van der Waals surface area contributed by atoms with E-state index in [1.165, 1.54) is 0 Å². The highest BCUT2D eigenvalue weighted by Gasteiger charge is 2.43. The van der Waals surface area contributed by atoms with Crippen molar-refractivity contribution in [2.75, 3.05) is 0 Å². The van der Waals surface area contributed by atoms with Gasteiger partial charge in [0.05, 0.1) is 12.0 Å². The first-order valence-corrected chi connectivity index (χ1v) is 5.63. The SMILES string of the molecule is C=C[C@H]1[C@@H]([C@H](O)CCCC)OC(=O)[C@H]1C. The topological polar surface area (TPSA) is 46.5 Å². The third kappa shape index (κ3) is 2.59. The third-order valence-electron chi connectivity index (χ3n) is 3.09. The molecule has 0 unspecified atom stereocenters. The molecule has 1 saturated heterocycles. The zero-order chi connectivity index (χ0) is 11.4. The lowest BCUT2D eigenvalue weighted by Crippen LogP contribution is -2.31. The van der Waals surface area contributed by atoms with Crippen molar-refractivity contribution in [3.8, 4) is 0 Å². The lowest BCUT2D eigenvalue weighted by Gasteiger charge is -2.21. The van der Waals surface area contributed by atoms with Gasteiger partial charge in [-0.2, -0.15) is 0 Å². The van der Waals surface area contributed by atoms with Crippen LogP contribution >= 0.6 is 0 Å². The van der Waals surface area contributed by atoms with Crippen LogP contribution in [0.3, 0.4) is 0 Å². The van der Waals surface area contributed by atoms with E-state index in [0.717, 1.165) is 12.8 Å². The summed E-state index contributed by atoms with van der Waals surface area (Å²) in [5.41, 5.74) is 0. The number of hydrogen-bond acceptors (Lipinski definition) is 3. The average molecular weight is 212 g/mol. The Bertz CT molecular complexity index is 237. The average Bonchev–Trinajstić information content (AvgIpc) is 2.52. The molecule has 3 nitrogen and oxygen atoms in total. The minimum atomic E-state index is -0.554. The second-order valence-electron chi connectivity index (χ2n) is 4.21. The maximum absolute atomic E-state index is 11.4. The highest BCUT2D eigenvalue weighted by atomic mass is 16.6. The number of cyclic esters (lactones) is 1. The fourth-order valence-corrected chi connectivity index (χ4v) is 2.01. The molecule has 3 heteroatoms. The van der Waals surface area contributed by atoms with Gasteiger partial charge in [0.2, 0.25) is 0 Å². The summed E-state index contributed by atoms with van der Waals surface area (Å²) >= 11 is 0. The Morgan fingerprint density at radius 1 is 1.67 bits per heavy atom. The highest BCUT2D eigenvalue weighted by Crippen LogP contribution is 2.32. The van der Waals surface area contributed by atoms with Crippen molar-refractivity contribution in [3.05, 3.63) is 12.7 Å². The van der Waals surface area contributed by atoms with Gasteiger partial charge in [0.1, 0.15) is 6.10 Å². The van der Waals surface area contributed by atoms with E-state index in [1.54, 1.807) is 6.08 Å². The van der Waals surface area contributed by atoms with Crippen molar-refractivity contribution in [1.82, 2.24) is 0 Å². The van der Waals surface area contributed by atoms with E-state index in [0.29, 0.717) is 6.42 Å². The van der Waals surface area contributed by atoms with Crippen LogP contribution in [0.15, 0.2) is 12.7 Å². The molecule has 0 radical (unpaired) electrons. The second-order valence-corrected chi connectivity index (χ2v) is 4.21. The molecular weight excluding hydrogens is 192 g/mol. The van der Waals surface area contributed by atoms with Gasteiger partial charge in [-0.15, -0.1) is 6.58 Å². The minimum Gasteiger partial charge on any atom is -0.459 e. The largest absolute Gasteiger partial charge is 0.459 e. The molecule has 0 spiro atoms. The third-order valence-corrected chi connectivity index (χ3v) is 3.09. The van der Waals surface area contributed by atoms with E-state index in [-0.39, 0.29) is 17.8 Å². The van der Waals surface area contributed by atoms with Crippen molar-refractivity contribution in [2.45, 2.75) is 45.3 Å². The Morgan fingerprint density at radius 2 is 2.33 bits per heavy atom. The maximum Gasteiger partial charge on any atom is 0.309 e. The smallest absolute Gasteiger partial charge is 0.309 e. The number of carbonyl (C=O) groups excluding carboxylic acids is 1. The summed E-state index contributed by atoms with van der Waals surface area (Å²) in [6, 6.07) is 0. The summed E-state index contributed by atoms with van der Waals surface area (Å²) in [5.74, 6) is -0.450. The summed E-state index contributed by atoms with van der Waals surface area (Å²) in [6.07, 6.45) is 3.44. The van der Waals surface area contributed by atoms with Crippen molar-refractivity contribution in [1.29, 1.82) is 0 Å². The highest BCUT2D eigenvalue weighted by molar-refractivity contribution is 5.75. The zero-order valence-electron chi connectivity index (χ0n) is 9.48. The summed E-state index contributed by atoms with van der Waals surface area (Å²) in [7, 11) is 0. The molecule has 1 aliphatic heterocycles. The van der Waals surface area contributed by atoms with Crippen LogP contribution in [0.1, 0.15) is 33.1 Å². The molecule has 0 saturated carbocycles. The summed E-state index contributed by atoms with van der Waals surface area (Å²) in [6.45, 7) is 7.59. The summed E-state index contributed by atoms with van der Waals surface area (Å²) in [5, 5.41) is 9.89. The van der Waals surface area contributed by atoms with Crippen molar-refractivity contribution >= 4 is 5.97 Å². The molecule has 15 heavy (non-hydrogen) atoms. The van der Waals surface area contributed by atoms with Crippen LogP contribution in [0.25, 0.3) is 0 Å². The lowest BCUT2D eigenvalue weighted by molar-refractivity contribution is -0.147. The first kappa shape index (κ1) is 12.2. The van der Waals surface area contributed by atoms with Crippen LogP contribution in [0.2, 0.25) is 0 Å². The monoisotopic (exact) mass is 212 g/mol. The molecule has 1 fully saturated rings. The summed E-state index contributed by atoms with van der Waals surface area (Å²) in [4.78, 5) is 11.4. The van der Waals surface area contributed by atoms with E-state index in [1.807, 2.05) is 6.92 Å². The van der Waals surface area contributed by atoms with Crippen LogP contribution < -0.4 is 0 Å². The van der Waals surface area contributed by atoms with Gasteiger partial charge in [-0.1, -0.05) is 32.8 Å². The normalized spacial score (nSPS) is 32.5. The van der Waals surface area contributed by atoms with Crippen molar-refractivity contribution < 1.29 is 14.6 Å². The number of rotatable bonds is 5. The number of hydrogen-bond donors (Lipinski definition) is 1. The molecule has 0 amide bonds. The predicted molar refractivity (Wildman–Crippen MR) is 58.3 cm³/mol.